The van der Waals surface area contributed by atoms with Gasteiger partial charge in [-0.25, -0.2) is 0 Å². The van der Waals surface area contributed by atoms with Crippen LogP contribution >= 0.6 is 11.3 Å². The molecule has 55 heavy (non-hydrogen) atoms. The molecule has 0 spiro atoms. The van der Waals surface area contributed by atoms with Crippen LogP contribution in [0, 0.1) is 0 Å². The average Bonchev–Trinajstić information content (AvgIpc) is 3.79. The third-order valence-electron chi connectivity index (χ3n) is 11.0. The Balaban J connectivity index is 1.03. The summed E-state index contributed by atoms with van der Waals surface area (Å²) in [6.45, 7) is 0. The van der Waals surface area contributed by atoms with Crippen LogP contribution in [0.3, 0.4) is 0 Å². The van der Waals surface area contributed by atoms with Gasteiger partial charge in [0.2, 0.25) is 0 Å². The Hall–Kier alpha value is -6.94. The lowest BCUT2D eigenvalue weighted by atomic mass is 10.0. The molecule has 3 heteroatoms. The van der Waals surface area contributed by atoms with Crippen molar-refractivity contribution in [1.82, 2.24) is 4.57 Å². The normalized spacial score (nSPS) is 11.6. The van der Waals surface area contributed by atoms with Gasteiger partial charge in [-0.05, 0) is 112 Å². The molecule has 0 aliphatic carbocycles. The lowest BCUT2D eigenvalue weighted by Gasteiger charge is -2.26. The van der Waals surface area contributed by atoms with E-state index >= 15 is 0 Å². The first-order valence-electron chi connectivity index (χ1n) is 18.7. The number of para-hydroxylation sites is 2. The van der Waals surface area contributed by atoms with Crippen LogP contribution in [0.15, 0.2) is 206 Å². The maximum atomic E-state index is 2.39. The first kappa shape index (κ1) is 31.6. The molecule has 11 rings (SSSR count). The number of hydrogen-bond donors (Lipinski definition) is 0. The predicted molar refractivity (Wildman–Crippen MR) is 237 cm³/mol. The Labute approximate surface area is 323 Å². The summed E-state index contributed by atoms with van der Waals surface area (Å²) in [6.07, 6.45) is 0. The van der Waals surface area contributed by atoms with Crippen LogP contribution in [0.5, 0.6) is 0 Å². The zero-order valence-corrected chi connectivity index (χ0v) is 30.7. The van der Waals surface area contributed by atoms with Crippen LogP contribution in [0.2, 0.25) is 0 Å². The number of aromatic nitrogens is 1. The van der Waals surface area contributed by atoms with E-state index in [0.717, 1.165) is 22.7 Å². The van der Waals surface area contributed by atoms with Crippen LogP contribution in [0.25, 0.3) is 80.7 Å². The fourth-order valence-corrected chi connectivity index (χ4v) is 9.43. The van der Waals surface area contributed by atoms with Crippen molar-refractivity contribution in [3.05, 3.63) is 206 Å². The molecule has 0 unspecified atom stereocenters. The van der Waals surface area contributed by atoms with E-state index in [9.17, 15) is 0 Å². The van der Waals surface area contributed by atoms with Crippen molar-refractivity contribution in [2.75, 3.05) is 4.90 Å². The highest BCUT2D eigenvalue weighted by atomic mass is 32.1. The number of thiophene rings is 1. The second-order valence-corrected chi connectivity index (χ2v) is 15.3. The van der Waals surface area contributed by atoms with Gasteiger partial charge in [-0.1, -0.05) is 127 Å². The van der Waals surface area contributed by atoms with E-state index in [0.29, 0.717) is 0 Å². The van der Waals surface area contributed by atoms with Crippen molar-refractivity contribution >= 4 is 81.1 Å². The highest BCUT2D eigenvalue weighted by molar-refractivity contribution is 7.25. The van der Waals surface area contributed by atoms with E-state index in [2.05, 4.69) is 216 Å². The van der Waals surface area contributed by atoms with Gasteiger partial charge in [-0.3, -0.25) is 0 Å². The van der Waals surface area contributed by atoms with Gasteiger partial charge in [0.15, 0.2) is 0 Å². The molecule has 0 bridgehead atoms. The molecule has 2 nitrogen and oxygen atoms in total. The quantitative estimate of drug-likeness (QED) is 0.166. The molecule has 2 aromatic heterocycles. The smallest absolute Gasteiger partial charge is 0.0542 e. The van der Waals surface area contributed by atoms with E-state index in [1.165, 1.54) is 75.0 Å². The summed E-state index contributed by atoms with van der Waals surface area (Å²) in [4.78, 5) is 2.39. The molecule has 258 valence electrons. The van der Waals surface area contributed by atoms with E-state index in [1.807, 2.05) is 11.3 Å². The molecule has 0 fully saturated rings. The third-order valence-corrected chi connectivity index (χ3v) is 12.1. The van der Waals surface area contributed by atoms with E-state index in [4.69, 9.17) is 0 Å². The number of nitrogens with zero attached hydrogens (tertiary/aromatic N) is 2. The second kappa shape index (κ2) is 12.9. The second-order valence-electron chi connectivity index (χ2n) is 14.2. The van der Waals surface area contributed by atoms with Gasteiger partial charge in [0, 0.05) is 53.7 Å². The summed E-state index contributed by atoms with van der Waals surface area (Å²) in [6, 6.07) is 75.2. The van der Waals surface area contributed by atoms with E-state index < -0.39 is 0 Å². The minimum atomic E-state index is 1.11. The van der Waals surface area contributed by atoms with Crippen molar-refractivity contribution in [2.45, 2.75) is 0 Å². The summed E-state index contributed by atoms with van der Waals surface area (Å²) in [7, 11) is 0. The van der Waals surface area contributed by atoms with Crippen LogP contribution in [-0.4, -0.2) is 4.57 Å². The summed E-state index contributed by atoms with van der Waals surface area (Å²) < 4.78 is 5.02. The van der Waals surface area contributed by atoms with Crippen molar-refractivity contribution in [3.63, 3.8) is 0 Å². The molecular weight excluding hydrogens is 685 g/mol. The lowest BCUT2D eigenvalue weighted by molar-refractivity contribution is 1.18. The Morgan fingerprint density at radius 3 is 1.67 bits per heavy atom. The van der Waals surface area contributed by atoms with E-state index in [-0.39, 0.29) is 0 Å². The molecule has 9 aromatic carbocycles. The summed E-state index contributed by atoms with van der Waals surface area (Å²) in [5.41, 5.74) is 11.7. The van der Waals surface area contributed by atoms with Crippen molar-refractivity contribution < 1.29 is 0 Å². The molecule has 0 amide bonds. The minimum Gasteiger partial charge on any atom is -0.310 e. The summed E-state index contributed by atoms with van der Waals surface area (Å²) in [5, 5.41) is 7.62. The molecule has 0 atom stereocenters. The highest BCUT2D eigenvalue weighted by Crippen LogP contribution is 2.42. The number of hydrogen-bond acceptors (Lipinski definition) is 2. The number of anilines is 3. The maximum Gasteiger partial charge on any atom is 0.0542 e. The third kappa shape index (κ3) is 5.40. The Morgan fingerprint density at radius 1 is 0.327 bits per heavy atom. The zero-order chi connectivity index (χ0) is 36.3. The van der Waals surface area contributed by atoms with Crippen LogP contribution < -0.4 is 4.90 Å². The molecule has 0 aliphatic rings. The van der Waals surface area contributed by atoms with Gasteiger partial charge >= 0.3 is 0 Å². The number of benzene rings is 9. The maximum absolute atomic E-state index is 2.39. The molecule has 0 saturated carbocycles. The molecule has 0 radical (unpaired) electrons. The monoisotopic (exact) mass is 718 g/mol. The average molecular weight is 719 g/mol. The molecule has 2 heterocycles. The Morgan fingerprint density at radius 2 is 0.891 bits per heavy atom. The lowest BCUT2D eigenvalue weighted by Crippen LogP contribution is -2.10. The van der Waals surface area contributed by atoms with Crippen LogP contribution in [-0.2, 0) is 0 Å². The highest BCUT2D eigenvalue weighted by Gasteiger charge is 2.18. The van der Waals surface area contributed by atoms with Crippen LogP contribution in [0.1, 0.15) is 0 Å². The first-order chi connectivity index (χ1) is 27.2. The molecule has 0 N–H and O–H groups in total. The van der Waals surface area contributed by atoms with Crippen molar-refractivity contribution in [2.24, 2.45) is 0 Å². The van der Waals surface area contributed by atoms with Gasteiger partial charge in [0.25, 0.3) is 0 Å². The van der Waals surface area contributed by atoms with Crippen molar-refractivity contribution in [1.29, 1.82) is 0 Å². The van der Waals surface area contributed by atoms with E-state index in [1.54, 1.807) is 0 Å². The summed E-state index contributed by atoms with van der Waals surface area (Å²) in [5.74, 6) is 0. The van der Waals surface area contributed by atoms with Crippen molar-refractivity contribution in [3.8, 4) is 27.9 Å². The van der Waals surface area contributed by atoms with Gasteiger partial charge in [-0.2, -0.15) is 0 Å². The molecule has 11 aromatic rings. The van der Waals surface area contributed by atoms with Gasteiger partial charge < -0.3 is 9.47 Å². The molecule has 0 saturated heterocycles. The standard InChI is InChI=1S/C52H34N2S/c1-2-12-41(13-3-1)54-49-16-8-6-14-45(49)48-34-44(29-31-50(48)54)53(42-25-20-36(21-26-42)39-19-18-35-10-4-5-11-38(35)32-39)43-27-22-37(23-28-43)40-24-30-47-46-15-7-9-17-51(46)55-52(47)33-40/h1-34H. The minimum absolute atomic E-state index is 1.11. The topological polar surface area (TPSA) is 8.17 Å². The van der Waals surface area contributed by atoms with Gasteiger partial charge in [0.05, 0.1) is 11.0 Å². The Kier molecular flexibility index (Phi) is 7.39. The molecular formula is C52H34N2S. The SMILES string of the molecule is c1ccc(-n2c3ccccc3c3cc(N(c4ccc(-c5ccc6ccccc6c5)cc4)c4ccc(-c5ccc6c(c5)sc5ccccc56)cc4)ccc32)cc1. The van der Waals surface area contributed by atoms with Gasteiger partial charge in [-0.15, -0.1) is 11.3 Å². The number of fused-ring (bicyclic) bond motifs is 7. The zero-order valence-electron chi connectivity index (χ0n) is 29.9. The summed E-state index contributed by atoms with van der Waals surface area (Å²) >= 11 is 1.86. The fraction of sp³-hybridized carbons (Fsp3) is 0. The fourth-order valence-electron chi connectivity index (χ4n) is 8.28. The predicted octanol–water partition coefficient (Wildman–Crippen LogP) is 15.1. The number of rotatable bonds is 6. The first-order valence-corrected chi connectivity index (χ1v) is 19.6. The van der Waals surface area contributed by atoms with Gasteiger partial charge in [0.1, 0.15) is 0 Å². The Bertz CT molecular complexity index is 3190. The van der Waals surface area contributed by atoms with Crippen LogP contribution in [0.4, 0.5) is 17.1 Å². The molecule has 0 aliphatic heterocycles. The largest absolute Gasteiger partial charge is 0.310 e.